The van der Waals surface area contributed by atoms with Gasteiger partial charge in [-0.15, -0.1) is 0 Å². The molecule has 0 aliphatic heterocycles. The largest absolute Gasteiger partial charge is 0.351 e. The minimum absolute atomic E-state index is 0.151. The predicted octanol–water partition coefficient (Wildman–Crippen LogP) is 3.57. The molecule has 0 aromatic carbocycles. The van der Waals surface area contributed by atoms with E-state index < -0.39 is 0 Å². The van der Waals surface area contributed by atoms with E-state index in [0.717, 1.165) is 12.8 Å². The Labute approximate surface area is 126 Å². The number of aromatic nitrogens is 2. The molecule has 0 aliphatic rings. The molecule has 0 saturated heterocycles. The van der Waals surface area contributed by atoms with Gasteiger partial charge in [0.1, 0.15) is 5.69 Å². The fourth-order valence-electron chi connectivity index (χ4n) is 2.01. The first-order valence-electron chi connectivity index (χ1n) is 7.12. The quantitative estimate of drug-likeness (QED) is 0.845. The van der Waals surface area contributed by atoms with E-state index in [2.05, 4.69) is 38.1 Å². The van der Waals surface area contributed by atoms with Crippen molar-refractivity contribution in [3.8, 4) is 0 Å². The molecule has 0 saturated carbocycles. The van der Waals surface area contributed by atoms with Gasteiger partial charge in [-0.25, -0.2) is 0 Å². The number of aryl methyl sites for hydroxylation is 2. The molecule has 1 heterocycles. The molecule has 1 atom stereocenters. The van der Waals surface area contributed by atoms with E-state index in [0.29, 0.717) is 34.3 Å². The molecule has 1 N–H and O–H groups in total. The highest BCUT2D eigenvalue weighted by Crippen LogP contribution is 2.28. The first-order chi connectivity index (χ1) is 9.14. The molecule has 0 bridgehead atoms. The van der Waals surface area contributed by atoms with Crippen LogP contribution in [0.25, 0.3) is 0 Å². The summed E-state index contributed by atoms with van der Waals surface area (Å²) in [6.07, 6.45) is 2.07. The fourth-order valence-corrected chi connectivity index (χ4v) is 2.25. The first-order valence-corrected chi connectivity index (χ1v) is 7.49. The van der Waals surface area contributed by atoms with Crippen LogP contribution in [0.5, 0.6) is 0 Å². The van der Waals surface area contributed by atoms with Gasteiger partial charge in [0.15, 0.2) is 0 Å². The summed E-state index contributed by atoms with van der Waals surface area (Å²) in [5.74, 6) is 0.475. The van der Waals surface area contributed by atoms with Crippen molar-refractivity contribution in [3.05, 3.63) is 16.4 Å². The molecule has 0 radical (unpaired) electrons. The van der Waals surface area contributed by atoms with Crippen molar-refractivity contribution < 1.29 is 4.79 Å². The molecular weight excluding hydrogens is 274 g/mol. The maximum atomic E-state index is 12.1. The molecular formula is C15H26ClN3O. The summed E-state index contributed by atoms with van der Waals surface area (Å²) >= 11 is 6.09. The van der Waals surface area contributed by atoms with Gasteiger partial charge in [0.05, 0.1) is 10.7 Å². The molecule has 5 heteroatoms. The van der Waals surface area contributed by atoms with Crippen LogP contribution in [0.3, 0.4) is 0 Å². The topological polar surface area (TPSA) is 46.9 Å². The summed E-state index contributed by atoms with van der Waals surface area (Å²) in [5.41, 5.74) is 1.43. The lowest BCUT2D eigenvalue weighted by molar-refractivity contribution is 0.0942. The van der Waals surface area contributed by atoms with Crippen LogP contribution in [-0.2, 0) is 7.05 Å². The Morgan fingerprint density at radius 1 is 1.45 bits per heavy atom. The minimum Gasteiger partial charge on any atom is -0.351 e. The van der Waals surface area contributed by atoms with Crippen molar-refractivity contribution >= 4 is 17.5 Å². The maximum Gasteiger partial charge on any atom is 0.271 e. The predicted molar refractivity (Wildman–Crippen MR) is 83.1 cm³/mol. The number of rotatable bonds is 5. The van der Waals surface area contributed by atoms with Gasteiger partial charge in [-0.2, -0.15) is 5.10 Å². The number of nitrogens with zero attached hydrogens (tertiary/aromatic N) is 2. The SMILES string of the molecule is Cc1nn(C)c(C(=O)NCCCC(C)C(C)(C)C)c1Cl. The average Bonchev–Trinajstić information content (AvgIpc) is 2.57. The van der Waals surface area contributed by atoms with E-state index in [1.54, 1.807) is 14.0 Å². The van der Waals surface area contributed by atoms with Gasteiger partial charge in [0, 0.05) is 13.6 Å². The molecule has 0 aliphatic carbocycles. The number of carbonyl (C=O) groups is 1. The van der Waals surface area contributed by atoms with E-state index in [-0.39, 0.29) is 5.91 Å². The van der Waals surface area contributed by atoms with Crippen LogP contribution < -0.4 is 5.32 Å². The van der Waals surface area contributed by atoms with Gasteiger partial charge in [-0.05, 0) is 31.1 Å². The molecule has 0 fully saturated rings. The van der Waals surface area contributed by atoms with Crippen molar-refractivity contribution in [1.29, 1.82) is 0 Å². The Morgan fingerprint density at radius 3 is 2.50 bits per heavy atom. The second kappa shape index (κ2) is 6.61. The molecule has 4 nitrogen and oxygen atoms in total. The van der Waals surface area contributed by atoms with Crippen LogP contribution >= 0.6 is 11.6 Å². The van der Waals surface area contributed by atoms with Crippen LogP contribution in [0, 0.1) is 18.3 Å². The first kappa shape index (κ1) is 17.0. The van der Waals surface area contributed by atoms with Crippen molar-refractivity contribution in [2.24, 2.45) is 18.4 Å². The van der Waals surface area contributed by atoms with Gasteiger partial charge in [-0.1, -0.05) is 39.3 Å². The van der Waals surface area contributed by atoms with E-state index in [1.165, 1.54) is 4.68 Å². The Hall–Kier alpha value is -1.03. The van der Waals surface area contributed by atoms with Gasteiger partial charge in [-0.3, -0.25) is 9.48 Å². The Bertz CT molecular complexity index is 474. The summed E-state index contributed by atoms with van der Waals surface area (Å²) in [6.45, 7) is 11.4. The molecule has 1 amide bonds. The molecule has 1 rings (SSSR count). The van der Waals surface area contributed by atoms with Crippen molar-refractivity contribution in [2.75, 3.05) is 6.54 Å². The summed E-state index contributed by atoms with van der Waals surface area (Å²) < 4.78 is 1.53. The third-order valence-corrected chi connectivity index (χ3v) is 4.39. The zero-order valence-electron chi connectivity index (χ0n) is 13.4. The summed E-state index contributed by atoms with van der Waals surface area (Å²) in [4.78, 5) is 12.1. The summed E-state index contributed by atoms with van der Waals surface area (Å²) in [6, 6.07) is 0. The smallest absolute Gasteiger partial charge is 0.271 e. The number of amides is 1. The van der Waals surface area contributed by atoms with Crippen molar-refractivity contribution in [3.63, 3.8) is 0 Å². The standard InChI is InChI=1S/C15H26ClN3O/c1-10(15(3,4)5)8-7-9-17-14(20)13-12(16)11(2)18-19(13)6/h10H,7-9H2,1-6H3,(H,17,20). The zero-order valence-corrected chi connectivity index (χ0v) is 14.1. The maximum absolute atomic E-state index is 12.1. The third kappa shape index (κ3) is 4.23. The molecule has 1 aromatic heterocycles. The Balaban J connectivity index is 2.45. The highest BCUT2D eigenvalue weighted by atomic mass is 35.5. The Morgan fingerprint density at radius 2 is 2.05 bits per heavy atom. The number of carbonyl (C=O) groups excluding carboxylic acids is 1. The monoisotopic (exact) mass is 299 g/mol. The van der Waals surface area contributed by atoms with Crippen LogP contribution in [0.4, 0.5) is 0 Å². The highest BCUT2D eigenvalue weighted by Gasteiger charge is 2.20. The third-order valence-electron chi connectivity index (χ3n) is 3.94. The second-order valence-electron chi connectivity index (χ2n) is 6.54. The average molecular weight is 300 g/mol. The number of halogens is 1. The highest BCUT2D eigenvalue weighted by molar-refractivity contribution is 6.34. The number of hydrogen-bond donors (Lipinski definition) is 1. The lowest BCUT2D eigenvalue weighted by Gasteiger charge is -2.27. The van der Waals surface area contributed by atoms with Crippen molar-refractivity contribution in [2.45, 2.75) is 47.5 Å². The molecule has 20 heavy (non-hydrogen) atoms. The van der Waals surface area contributed by atoms with Gasteiger partial charge in [0.25, 0.3) is 5.91 Å². The van der Waals surface area contributed by atoms with Gasteiger partial charge >= 0.3 is 0 Å². The van der Waals surface area contributed by atoms with E-state index in [9.17, 15) is 4.79 Å². The van der Waals surface area contributed by atoms with Gasteiger partial charge < -0.3 is 5.32 Å². The van der Waals surface area contributed by atoms with Crippen LogP contribution in [0.2, 0.25) is 5.02 Å². The van der Waals surface area contributed by atoms with Crippen molar-refractivity contribution in [1.82, 2.24) is 15.1 Å². The van der Waals surface area contributed by atoms with E-state index in [4.69, 9.17) is 11.6 Å². The van der Waals surface area contributed by atoms with Crippen LogP contribution in [0.15, 0.2) is 0 Å². The molecule has 1 unspecified atom stereocenters. The van der Waals surface area contributed by atoms with Crippen LogP contribution in [0.1, 0.15) is 56.7 Å². The minimum atomic E-state index is -0.151. The van der Waals surface area contributed by atoms with E-state index >= 15 is 0 Å². The fraction of sp³-hybridized carbons (Fsp3) is 0.733. The van der Waals surface area contributed by atoms with Gasteiger partial charge in [0.2, 0.25) is 0 Å². The molecule has 114 valence electrons. The van der Waals surface area contributed by atoms with Crippen LogP contribution in [-0.4, -0.2) is 22.2 Å². The summed E-state index contributed by atoms with van der Waals surface area (Å²) in [5, 5.41) is 7.50. The summed E-state index contributed by atoms with van der Waals surface area (Å²) in [7, 11) is 1.73. The lowest BCUT2D eigenvalue weighted by Crippen LogP contribution is -2.27. The second-order valence-corrected chi connectivity index (χ2v) is 6.91. The zero-order chi connectivity index (χ0) is 15.5. The van der Waals surface area contributed by atoms with E-state index in [1.807, 2.05) is 0 Å². The number of hydrogen-bond acceptors (Lipinski definition) is 2. The normalized spacial score (nSPS) is 13.3. The molecule has 0 spiro atoms. The Kier molecular flexibility index (Phi) is 5.63. The molecule has 1 aromatic rings. The lowest BCUT2D eigenvalue weighted by atomic mass is 9.79. The number of nitrogens with one attached hydrogen (secondary N) is 1.